The van der Waals surface area contributed by atoms with Crippen molar-refractivity contribution in [3.05, 3.63) is 71.6 Å². The molecule has 0 bridgehead atoms. The average molecular weight is 501 g/mol. The summed E-state index contributed by atoms with van der Waals surface area (Å²) in [6.07, 6.45) is -15.3. The quantitative estimate of drug-likeness (QED) is 0.478. The molecule has 3 rings (SSSR count). The lowest BCUT2D eigenvalue weighted by atomic mass is 9.87. The fourth-order valence-electron chi connectivity index (χ4n) is 3.22. The van der Waals surface area contributed by atoms with Gasteiger partial charge in [0.2, 0.25) is 0 Å². The van der Waals surface area contributed by atoms with E-state index in [4.69, 9.17) is 0 Å². The SMILES string of the molecule is CS(=O)(=O)c1ccc(C2=CC(C(F)(F)F)(C(F)(F)F)C=C2c2ccc(C(F)(F)F)nc2)cc1. The van der Waals surface area contributed by atoms with Gasteiger partial charge in [-0.1, -0.05) is 18.2 Å². The van der Waals surface area contributed by atoms with Gasteiger partial charge in [0.25, 0.3) is 0 Å². The summed E-state index contributed by atoms with van der Waals surface area (Å²) in [7, 11) is -3.71. The topological polar surface area (TPSA) is 47.0 Å². The van der Waals surface area contributed by atoms with E-state index in [1.165, 1.54) is 0 Å². The lowest BCUT2D eigenvalue weighted by Crippen LogP contribution is -2.46. The molecular formula is C20H12F9NO2S. The third kappa shape index (κ3) is 4.50. The number of benzene rings is 1. The lowest BCUT2D eigenvalue weighted by molar-refractivity contribution is -0.301. The van der Waals surface area contributed by atoms with E-state index in [1.807, 2.05) is 0 Å². The molecule has 0 amide bonds. The predicted octanol–water partition coefficient (Wildman–Crippen LogP) is 6.10. The summed E-state index contributed by atoms with van der Waals surface area (Å²) in [6, 6.07) is 5.16. The van der Waals surface area contributed by atoms with Gasteiger partial charge in [0.1, 0.15) is 5.69 Å². The van der Waals surface area contributed by atoms with Crippen LogP contribution in [-0.4, -0.2) is 32.0 Å². The number of pyridine rings is 1. The zero-order valence-electron chi connectivity index (χ0n) is 16.3. The molecule has 1 heterocycles. The molecule has 0 radical (unpaired) electrons. The Morgan fingerprint density at radius 3 is 1.55 bits per heavy atom. The Hall–Kier alpha value is -2.83. The molecule has 3 nitrogen and oxygen atoms in total. The monoisotopic (exact) mass is 501 g/mol. The second-order valence-corrected chi connectivity index (χ2v) is 9.22. The van der Waals surface area contributed by atoms with Crippen LogP contribution < -0.4 is 0 Å². The Morgan fingerprint density at radius 1 is 0.727 bits per heavy atom. The van der Waals surface area contributed by atoms with Crippen LogP contribution >= 0.6 is 0 Å². The third-order valence-corrected chi connectivity index (χ3v) is 6.06. The average Bonchev–Trinajstić information content (AvgIpc) is 3.09. The van der Waals surface area contributed by atoms with Crippen LogP contribution in [0.15, 0.2) is 59.6 Å². The van der Waals surface area contributed by atoms with E-state index in [2.05, 4.69) is 4.98 Å². The highest BCUT2D eigenvalue weighted by Crippen LogP contribution is 2.59. The highest BCUT2D eigenvalue weighted by molar-refractivity contribution is 7.90. The maximum absolute atomic E-state index is 13.7. The molecule has 0 aliphatic heterocycles. The molecule has 0 unspecified atom stereocenters. The first-order valence-electron chi connectivity index (χ1n) is 8.80. The van der Waals surface area contributed by atoms with Crippen LogP contribution in [0.2, 0.25) is 0 Å². The van der Waals surface area contributed by atoms with Gasteiger partial charge in [0.15, 0.2) is 15.3 Å². The molecule has 1 aromatic carbocycles. The Bertz CT molecular complexity index is 1200. The van der Waals surface area contributed by atoms with E-state index >= 15 is 0 Å². The van der Waals surface area contributed by atoms with Crippen molar-refractivity contribution in [1.29, 1.82) is 0 Å². The van der Waals surface area contributed by atoms with E-state index in [1.54, 1.807) is 0 Å². The van der Waals surface area contributed by atoms with Gasteiger partial charge in [-0.3, -0.25) is 4.98 Å². The second kappa shape index (κ2) is 7.61. The number of rotatable bonds is 3. The first-order chi connectivity index (χ1) is 14.9. The van der Waals surface area contributed by atoms with E-state index in [-0.39, 0.29) is 22.6 Å². The lowest BCUT2D eigenvalue weighted by Gasteiger charge is -2.30. The second-order valence-electron chi connectivity index (χ2n) is 7.21. The summed E-state index contributed by atoms with van der Waals surface area (Å²) in [6.45, 7) is 0. The minimum absolute atomic E-state index is 0.0740. The standard InChI is InChI=1S/C20H12F9NO2S/c1-33(31,32)13-5-2-11(3-6-13)14-8-17(19(24,25)26,20(27,28)29)9-15(14)12-4-7-16(30-10-12)18(21,22)23/h2-10H,1H3. The van der Waals surface area contributed by atoms with Gasteiger partial charge < -0.3 is 0 Å². The predicted molar refractivity (Wildman–Crippen MR) is 99.3 cm³/mol. The largest absolute Gasteiger partial charge is 0.433 e. The molecule has 0 saturated carbocycles. The summed E-state index contributed by atoms with van der Waals surface area (Å²) in [5.41, 5.74) is -7.67. The smallest absolute Gasteiger partial charge is 0.251 e. The molecule has 178 valence electrons. The van der Waals surface area contributed by atoms with Crippen LogP contribution in [-0.2, 0) is 16.0 Å². The number of hydrogen-bond donors (Lipinski definition) is 0. The van der Waals surface area contributed by atoms with E-state index in [0.717, 1.165) is 30.5 Å². The molecule has 0 fully saturated rings. The molecule has 1 aromatic heterocycles. The molecule has 2 aromatic rings. The van der Waals surface area contributed by atoms with Crippen LogP contribution in [0, 0.1) is 5.41 Å². The van der Waals surface area contributed by atoms with Crippen LogP contribution in [0.1, 0.15) is 16.8 Å². The van der Waals surface area contributed by atoms with E-state index < -0.39 is 56.2 Å². The van der Waals surface area contributed by atoms with Crippen molar-refractivity contribution in [2.45, 2.75) is 23.4 Å². The van der Waals surface area contributed by atoms with Crippen molar-refractivity contribution >= 4 is 21.0 Å². The highest BCUT2D eigenvalue weighted by Gasteiger charge is 2.70. The van der Waals surface area contributed by atoms with Gasteiger partial charge in [-0.15, -0.1) is 0 Å². The fourth-order valence-corrected chi connectivity index (χ4v) is 3.85. The van der Waals surface area contributed by atoms with Gasteiger partial charge in [-0.05, 0) is 47.1 Å². The minimum atomic E-state index is -5.83. The summed E-state index contributed by atoms with van der Waals surface area (Å²) in [5.74, 6) is 0. The summed E-state index contributed by atoms with van der Waals surface area (Å²) >= 11 is 0. The molecule has 0 N–H and O–H groups in total. The molecule has 0 atom stereocenters. The minimum Gasteiger partial charge on any atom is -0.251 e. The van der Waals surface area contributed by atoms with Gasteiger partial charge in [-0.25, -0.2) is 8.42 Å². The number of sulfone groups is 1. The molecule has 33 heavy (non-hydrogen) atoms. The molecule has 1 aliphatic rings. The van der Waals surface area contributed by atoms with Crippen molar-refractivity contribution in [1.82, 2.24) is 4.98 Å². The van der Waals surface area contributed by atoms with Gasteiger partial charge in [-0.2, -0.15) is 39.5 Å². The van der Waals surface area contributed by atoms with Crippen molar-refractivity contribution in [3.63, 3.8) is 0 Å². The first-order valence-corrected chi connectivity index (χ1v) is 10.7. The molecule has 0 spiro atoms. The van der Waals surface area contributed by atoms with Crippen LogP contribution in [0.25, 0.3) is 11.1 Å². The zero-order chi connectivity index (χ0) is 25.0. The fraction of sp³-hybridized carbons (Fsp3) is 0.250. The number of alkyl halides is 9. The van der Waals surface area contributed by atoms with Crippen molar-refractivity contribution in [3.8, 4) is 0 Å². The van der Waals surface area contributed by atoms with E-state index in [9.17, 15) is 47.9 Å². The maximum atomic E-state index is 13.7. The normalized spacial score (nSPS) is 17.0. The van der Waals surface area contributed by atoms with Crippen molar-refractivity contribution < 1.29 is 47.9 Å². The summed E-state index contributed by atoms with van der Waals surface area (Å²) in [4.78, 5) is 2.87. The third-order valence-electron chi connectivity index (χ3n) is 4.93. The molecule has 1 aliphatic carbocycles. The van der Waals surface area contributed by atoms with Crippen LogP contribution in [0.5, 0.6) is 0 Å². The number of halogens is 9. The Morgan fingerprint density at radius 2 is 1.18 bits per heavy atom. The summed E-state index contributed by atoms with van der Waals surface area (Å²) < 4.78 is 144. The Kier molecular flexibility index (Phi) is 5.72. The zero-order valence-corrected chi connectivity index (χ0v) is 17.1. The van der Waals surface area contributed by atoms with Crippen molar-refractivity contribution in [2.24, 2.45) is 5.41 Å². The van der Waals surface area contributed by atoms with Gasteiger partial charge >= 0.3 is 18.5 Å². The molecular weight excluding hydrogens is 489 g/mol. The number of allylic oxidation sites excluding steroid dienone is 4. The first kappa shape index (κ1) is 24.8. The van der Waals surface area contributed by atoms with Gasteiger partial charge in [0, 0.05) is 18.0 Å². The maximum Gasteiger partial charge on any atom is 0.433 e. The van der Waals surface area contributed by atoms with Crippen LogP contribution in [0.3, 0.4) is 0 Å². The highest BCUT2D eigenvalue weighted by atomic mass is 32.2. The Labute approximate surface area is 181 Å². The Balaban J connectivity index is 2.25. The van der Waals surface area contributed by atoms with Gasteiger partial charge in [0.05, 0.1) is 4.90 Å². The number of nitrogens with zero attached hydrogens (tertiary/aromatic N) is 1. The molecule has 0 saturated heterocycles. The molecule has 13 heteroatoms. The number of hydrogen-bond acceptors (Lipinski definition) is 3. The summed E-state index contributed by atoms with van der Waals surface area (Å²) in [5, 5.41) is 0. The van der Waals surface area contributed by atoms with Crippen LogP contribution in [0.4, 0.5) is 39.5 Å². The number of aromatic nitrogens is 1. The van der Waals surface area contributed by atoms with E-state index in [0.29, 0.717) is 18.3 Å². The van der Waals surface area contributed by atoms with Crippen molar-refractivity contribution in [2.75, 3.05) is 6.26 Å².